The zero-order valence-corrected chi connectivity index (χ0v) is 14.7. The molecule has 2 aromatic carbocycles. The summed E-state index contributed by atoms with van der Waals surface area (Å²) < 4.78 is 0. The highest BCUT2D eigenvalue weighted by Crippen LogP contribution is 2.34. The Kier molecular flexibility index (Phi) is 4.22. The van der Waals surface area contributed by atoms with E-state index in [1.807, 2.05) is 18.2 Å². The first-order valence-electron chi connectivity index (χ1n) is 7.49. The molecule has 1 heteroatoms. The third kappa shape index (κ3) is 3.89. The van der Waals surface area contributed by atoms with Gasteiger partial charge in [0.2, 0.25) is 0 Å². The second kappa shape index (κ2) is 5.50. The molecule has 0 aliphatic heterocycles. The topological polar surface area (TPSA) is 0 Å². The van der Waals surface area contributed by atoms with E-state index in [0.29, 0.717) is 0 Å². The molecular weight excluding hydrogens is 276 g/mol. The first kappa shape index (κ1) is 16.1. The van der Waals surface area contributed by atoms with Crippen molar-refractivity contribution in [1.82, 2.24) is 0 Å². The summed E-state index contributed by atoms with van der Waals surface area (Å²) in [5.41, 5.74) is 5.42. The lowest BCUT2D eigenvalue weighted by atomic mass is 9.79. The van der Waals surface area contributed by atoms with Gasteiger partial charge in [0.25, 0.3) is 0 Å². The molecular formula is C20H25Cl. The Morgan fingerprint density at radius 3 is 1.62 bits per heavy atom. The molecule has 0 N–H and O–H groups in total. The van der Waals surface area contributed by atoms with Crippen LogP contribution in [0.1, 0.15) is 52.7 Å². The standard InChI is InChI=1S/C20H25Cl/c1-19(2,3)16-10-15(11-17(13-16)20(4,5)6)14-8-7-9-18(21)12-14/h7-13H,1-6H3. The second-order valence-corrected chi connectivity index (χ2v) is 8.25. The SMILES string of the molecule is CC(C)(C)c1cc(-c2cccc(Cl)c2)cc(C(C)(C)C)c1. The van der Waals surface area contributed by atoms with E-state index in [9.17, 15) is 0 Å². The Bertz CT molecular complexity index is 607. The minimum absolute atomic E-state index is 0.134. The Hall–Kier alpha value is -1.27. The average molecular weight is 301 g/mol. The monoisotopic (exact) mass is 300 g/mol. The Morgan fingerprint density at radius 1 is 0.667 bits per heavy atom. The van der Waals surface area contributed by atoms with Gasteiger partial charge in [0.15, 0.2) is 0 Å². The zero-order valence-electron chi connectivity index (χ0n) is 13.9. The summed E-state index contributed by atoms with van der Waals surface area (Å²) in [7, 11) is 0. The van der Waals surface area contributed by atoms with Crippen molar-refractivity contribution in [2.24, 2.45) is 0 Å². The van der Waals surface area contributed by atoms with E-state index >= 15 is 0 Å². The van der Waals surface area contributed by atoms with Gasteiger partial charge in [0.05, 0.1) is 0 Å². The number of halogens is 1. The molecule has 0 nitrogen and oxygen atoms in total. The molecule has 0 heterocycles. The third-order valence-corrected chi connectivity index (χ3v) is 4.06. The van der Waals surface area contributed by atoms with Gasteiger partial charge in [-0.2, -0.15) is 0 Å². The van der Waals surface area contributed by atoms with Gasteiger partial charge in [-0.25, -0.2) is 0 Å². The number of benzene rings is 2. The van der Waals surface area contributed by atoms with Crippen molar-refractivity contribution in [2.75, 3.05) is 0 Å². The van der Waals surface area contributed by atoms with Crippen LogP contribution in [0.5, 0.6) is 0 Å². The van der Waals surface area contributed by atoms with Crippen molar-refractivity contribution in [3.05, 3.63) is 58.6 Å². The minimum atomic E-state index is 0.134. The van der Waals surface area contributed by atoms with Gasteiger partial charge in [0, 0.05) is 5.02 Å². The molecule has 21 heavy (non-hydrogen) atoms. The summed E-state index contributed by atoms with van der Waals surface area (Å²) in [6.45, 7) is 13.6. The third-order valence-electron chi connectivity index (χ3n) is 3.82. The van der Waals surface area contributed by atoms with Crippen molar-refractivity contribution in [1.29, 1.82) is 0 Å². The lowest BCUT2D eigenvalue weighted by molar-refractivity contribution is 0.569. The fourth-order valence-corrected chi connectivity index (χ4v) is 2.52. The van der Waals surface area contributed by atoms with Crippen molar-refractivity contribution in [3.8, 4) is 11.1 Å². The summed E-state index contributed by atoms with van der Waals surface area (Å²) in [5, 5.41) is 0.783. The highest BCUT2D eigenvalue weighted by molar-refractivity contribution is 6.30. The highest BCUT2D eigenvalue weighted by atomic mass is 35.5. The highest BCUT2D eigenvalue weighted by Gasteiger charge is 2.20. The van der Waals surface area contributed by atoms with E-state index < -0.39 is 0 Å². The van der Waals surface area contributed by atoms with Gasteiger partial charge in [-0.1, -0.05) is 83.5 Å². The van der Waals surface area contributed by atoms with Crippen LogP contribution in [0, 0.1) is 0 Å². The van der Waals surface area contributed by atoms with Gasteiger partial charge >= 0.3 is 0 Å². The lowest BCUT2D eigenvalue weighted by Gasteiger charge is -2.26. The average Bonchev–Trinajstić information content (AvgIpc) is 2.36. The van der Waals surface area contributed by atoms with Crippen molar-refractivity contribution in [3.63, 3.8) is 0 Å². The predicted molar refractivity (Wildman–Crippen MR) is 94.3 cm³/mol. The van der Waals surface area contributed by atoms with Crippen molar-refractivity contribution < 1.29 is 0 Å². The molecule has 0 aliphatic rings. The van der Waals surface area contributed by atoms with Crippen LogP contribution >= 0.6 is 11.6 Å². The molecule has 0 aliphatic carbocycles. The second-order valence-electron chi connectivity index (χ2n) is 7.81. The minimum Gasteiger partial charge on any atom is -0.0843 e. The normalized spacial score (nSPS) is 12.5. The van der Waals surface area contributed by atoms with E-state index in [1.165, 1.54) is 22.3 Å². The first-order valence-corrected chi connectivity index (χ1v) is 7.87. The molecule has 0 saturated carbocycles. The molecule has 2 aromatic rings. The largest absolute Gasteiger partial charge is 0.0843 e. The summed E-state index contributed by atoms with van der Waals surface area (Å²) >= 11 is 6.15. The summed E-state index contributed by atoms with van der Waals surface area (Å²) in [6.07, 6.45) is 0. The Balaban J connectivity index is 2.66. The van der Waals surface area contributed by atoms with Crippen LogP contribution in [0.2, 0.25) is 5.02 Å². The fourth-order valence-electron chi connectivity index (χ4n) is 2.33. The maximum Gasteiger partial charge on any atom is 0.0412 e. The van der Waals surface area contributed by atoms with E-state index in [-0.39, 0.29) is 10.8 Å². The van der Waals surface area contributed by atoms with E-state index in [4.69, 9.17) is 11.6 Å². The van der Waals surface area contributed by atoms with Gasteiger partial charge in [-0.3, -0.25) is 0 Å². The predicted octanol–water partition coefficient (Wildman–Crippen LogP) is 6.60. The molecule has 0 saturated heterocycles. The first-order chi connectivity index (χ1) is 9.57. The van der Waals surface area contributed by atoms with Crippen LogP contribution in [-0.4, -0.2) is 0 Å². The molecule has 112 valence electrons. The van der Waals surface area contributed by atoms with Crippen molar-refractivity contribution in [2.45, 2.75) is 52.4 Å². The molecule has 0 radical (unpaired) electrons. The van der Waals surface area contributed by atoms with E-state index in [1.54, 1.807) is 0 Å². The number of rotatable bonds is 1. The number of hydrogen-bond acceptors (Lipinski definition) is 0. The van der Waals surface area contributed by atoms with E-state index in [2.05, 4.69) is 65.8 Å². The van der Waals surface area contributed by atoms with Crippen LogP contribution in [0.3, 0.4) is 0 Å². The quantitative estimate of drug-likeness (QED) is 0.556. The molecule has 0 fully saturated rings. The summed E-state index contributed by atoms with van der Waals surface area (Å²) in [6, 6.07) is 15.0. The van der Waals surface area contributed by atoms with Gasteiger partial charge in [-0.05, 0) is 45.2 Å². The molecule has 0 amide bonds. The molecule has 2 rings (SSSR count). The van der Waals surface area contributed by atoms with Crippen LogP contribution < -0.4 is 0 Å². The lowest BCUT2D eigenvalue weighted by Crippen LogP contribution is -2.16. The molecule has 0 bridgehead atoms. The Morgan fingerprint density at radius 2 is 1.19 bits per heavy atom. The maximum absolute atomic E-state index is 6.15. The van der Waals surface area contributed by atoms with Crippen LogP contribution in [0.4, 0.5) is 0 Å². The summed E-state index contributed by atoms with van der Waals surface area (Å²) in [5.74, 6) is 0. The van der Waals surface area contributed by atoms with Gasteiger partial charge in [0.1, 0.15) is 0 Å². The number of hydrogen-bond donors (Lipinski definition) is 0. The van der Waals surface area contributed by atoms with Gasteiger partial charge < -0.3 is 0 Å². The van der Waals surface area contributed by atoms with Crippen LogP contribution in [-0.2, 0) is 10.8 Å². The zero-order chi connectivity index (χ0) is 15.8. The molecule has 0 atom stereocenters. The molecule has 0 aromatic heterocycles. The Labute approximate surface area is 134 Å². The molecule has 0 unspecified atom stereocenters. The van der Waals surface area contributed by atoms with Crippen LogP contribution in [0.15, 0.2) is 42.5 Å². The van der Waals surface area contributed by atoms with Crippen molar-refractivity contribution >= 4 is 11.6 Å². The summed E-state index contributed by atoms with van der Waals surface area (Å²) in [4.78, 5) is 0. The maximum atomic E-state index is 6.15. The van der Waals surface area contributed by atoms with Crippen LogP contribution in [0.25, 0.3) is 11.1 Å². The molecule has 0 spiro atoms. The fraction of sp³-hybridized carbons (Fsp3) is 0.400. The smallest absolute Gasteiger partial charge is 0.0412 e. The van der Waals surface area contributed by atoms with E-state index in [0.717, 1.165) is 5.02 Å². The van der Waals surface area contributed by atoms with Gasteiger partial charge in [-0.15, -0.1) is 0 Å².